The minimum atomic E-state index is -4.83. The Kier molecular flexibility index (Phi) is 6.43. The molecular formula is C27H22F6. The number of benzene rings is 3. The Labute approximate surface area is 188 Å². The van der Waals surface area contributed by atoms with E-state index in [0.29, 0.717) is 6.07 Å². The quantitative estimate of drug-likeness (QED) is 0.266. The summed E-state index contributed by atoms with van der Waals surface area (Å²) in [6, 6.07) is 7.62. The minimum Gasteiger partial charge on any atom is -0.206 e. The molecule has 0 aliphatic heterocycles. The van der Waals surface area contributed by atoms with Crippen LogP contribution in [-0.4, -0.2) is 0 Å². The van der Waals surface area contributed by atoms with Crippen LogP contribution in [0, 0.1) is 41.1 Å². The molecule has 4 rings (SSSR count). The third-order valence-electron chi connectivity index (χ3n) is 6.43. The highest BCUT2D eigenvalue weighted by Crippen LogP contribution is 2.36. The molecule has 3 aromatic rings. The van der Waals surface area contributed by atoms with Crippen molar-refractivity contribution >= 4 is 10.8 Å². The van der Waals surface area contributed by atoms with E-state index in [1.54, 1.807) is 0 Å². The van der Waals surface area contributed by atoms with Crippen molar-refractivity contribution in [3.05, 3.63) is 71.0 Å². The molecule has 0 N–H and O–H groups in total. The van der Waals surface area contributed by atoms with Crippen molar-refractivity contribution in [2.75, 3.05) is 0 Å². The minimum absolute atomic E-state index is 0.106. The summed E-state index contributed by atoms with van der Waals surface area (Å²) in [7, 11) is 0. The molecule has 3 aromatic carbocycles. The van der Waals surface area contributed by atoms with E-state index >= 15 is 0 Å². The van der Waals surface area contributed by atoms with E-state index in [1.165, 1.54) is 12.1 Å². The van der Waals surface area contributed by atoms with Crippen LogP contribution >= 0.6 is 0 Å². The molecule has 1 aliphatic carbocycles. The molecule has 1 aliphatic rings. The topological polar surface area (TPSA) is 0 Å². The summed E-state index contributed by atoms with van der Waals surface area (Å²) in [4.78, 5) is 0. The number of fused-ring (bicyclic) bond motifs is 1. The first-order valence-electron chi connectivity index (χ1n) is 11.0. The highest BCUT2D eigenvalue weighted by Gasteiger charge is 2.34. The fourth-order valence-corrected chi connectivity index (χ4v) is 4.49. The molecule has 0 spiro atoms. The van der Waals surface area contributed by atoms with E-state index < -0.39 is 29.2 Å². The van der Waals surface area contributed by atoms with Crippen LogP contribution in [0.4, 0.5) is 26.3 Å². The first-order valence-corrected chi connectivity index (χ1v) is 11.0. The summed E-state index contributed by atoms with van der Waals surface area (Å²) < 4.78 is 82.8. The van der Waals surface area contributed by atoms with Gasteiger partial charge in [0.2, 0.25) is 0 Å². The number of alkyl halides is 3. The normalized spacial score (nSPS) is 18.8. The van der Waals surface area contributed by atoms with Gasteiger partial charge in [0.15, 0.2) is 0 Å². The van der Waals surface area contributed by atoms with Crippen molar-refractivity contribution in [2.24, 2.45) is 11.8 Å². The average molecular weight is 460 g/mol. The monoisotopic (exact) mass is 460 g/mol. The molecule has 33 heavy (non-hydrogen) atoms. The fourth-order valence-electron chi connectivity index (χ4n) is 4.49. The molecule has 0 heterocycles. The Hall–Kier alpha value is -2.94. The standard InChI is InChI=1S/C27H22F6/c1-2-16-3-5-17(6-4-16)7-8-18-13-23(28)25(24(29)14-18)20-9-11-21-19(15-20)10-12-22(26(21)30)27(31,32)33/h9-17H,2-6H2,1H3. The van der Waals surface area contributed by atoms with Gasteiger partial charge in [-0.1, -0.05) is 43.4 Å². The van der Waals surface area contributed by atoms with E-state index in [-0.39, 0.29) is 33.4 Å². The van der Waals surface area contributed by atoms with E-state index in [2.05, 4.69) is 18.8 Å². The van der Waals surface area contributed by atoms with E-state index in [0.717, 1.165) is 62.3 Å². The van der Waals surface area contributed by atoms with Crippen molar-refractivity contribution in [1.82, 2.24) is 0 Å². The first kappa shape index (κ1) is 23.2. The fraction of sp³-hybridized carbons (Fsp3) is 0.333. The van der Waals surface area contributed by atoms with Crippen molar-refractivity contribution in [3.8, 4) is 23.0 Å². The van der Waals surface area contributed by atoms with Crippen molar-refractivity contribution in [2.45, 2.75) is 45.2 Å². The van der Waals surface area contributed by atoms with E-state index in [1.807, 2.05) is 0 Å². The second-order valence-corrected chi connectivity index (χ2v) is 8.57. The molecular weight excluding hydrogens is 438 g/mol. The van der Waals surface area contributed by atoms with Crippen LogP contribution < -0.4 is 0 Å². The third kappa shape index (κ3) is 4.88. The van der Waals surface area contributed by atoms with Crippen LogP contribution in [0.2, 0.25) is 0 Å². The van der Waals surface area contributed by atoms with Gasteiger partial charge in [0, 0.05) is 16.9 Å². The summed E-state index contributed by atoms with van der Waals surface area (Å²) in [6.45, 7) is 2.18. The molecule has 0 amide bonds. The second kappa shape index (κ2) is 9.13. The smallest absolute Gasteiger partial charge is 0.206 e. The molecule has 0 atom stereocenters. The molecule has 0 radical (unpaired) electrons. The molecule has 0 aromatic heterocycles. The summed E-state index contributed by atoms with van der Waals surface area (Å²) in [5, 5.41) is -0.155. The van der Waals surface area contributed by atoms with Crippen LogP contribution in [-0.2, 0) is 6.18 Å². The van der Waals surface area contributed by atoms with Gasteiger partial charge in [0.05, 0.1) is 11.1 Å². The number of rotatable bonds is 2. The van der Waals surface area contributed by atoms with Crippen LogP contribution in [0.15, 0.2) is 42.5 Å². The lowest BCUT2D eigenvalue weighted by Gasteiger charge is -2.24. The molecule has 0 saturated heterocycles. The van der Waals surface area contributed by atoms with Gasteiger partial charge in [-0.2, -0.15) is 13.2 Å². The lowest BCUT2D eigenvalue weighted by molar-refractivity contribution is -0.139. The van der Waals surface area contributed by atoms with Crippen LogP contribution in [0.1, 0.15) is 50.2 Å². The number of halogens is 6. The first-order chi connectivity index (χ1) is 15.7. The van der Waals surface area contributed by atoms with Crippen molar-refractivity contribution in [1.29, 1.82) is 0 Å². The summed E-state index contributed by atoms with van der Waals surface area (Å²) in [5.41, 5.74) is -1.38. The number of hydrogen-bond acceptors (Lipinski definition) is 0. The lowest BCUT2D eigenvalue weighted by Crippen LogP contribution is -2.12. The van der Waals surface area contributed by atoms with Crippen LogP contribution in [0.3, 0.4) is 0 Å². The summed E-state index contributed by atoms with van der Waals surface area (Å²) in [5.74, 6) is 3.88. The molecule has 1 fully saturated rings. The van der Waals surface area contributed by atoms with Gasteiger partial charge in [0.25, 0.3) is 0 Å². The van der Waals surface area contributed by atoms with Gasteiger partial charge in [-0.05, 0) is 66.8 Å². The number of hydrogen-bond donors (Lipinski definition) is 0. The largest absolute Gasteiger partial charge is 0.419 e. The highest BCUT2D eigenvalue weighted by molar-refractivity contribution is 5.88. The molecule has 1 saturated carbocycles. The van der Waals surface area contributed by atoms with E-state index in [9.17, 15) is 26.3 Å². The zero-order valence-electron chi connectivity index (χ0n) is 18.0. The maximum atomic E-state index is 14.8. The van der Waals surface area contributed by atoms with Gasteiger partial charge < -0.3 is 0 Å². The van der Waals surface area contributed by atoms with Crippen molar-refractivity contribution in [3.63, 3.8) is 0 Å². The predicted molar refractivity (Wildman–Crippen MR) is 117 cm³/mol. The third-order valence-corrected chi connectivity index (χ3v) is 6.43. The Bertz CT molecular complexity index is 1210. The zero-order chi connectivity index (χ0) is 23.8. The van der Waals surface area contributed by atoms with Gasteiger partial charge in [-0.3, -0.25) is 0 Å². The van der Waals surface area contributed by atoms with E-state index in [4.69, 9.17) is 0 Å². The van der Waals surface area contributed by atoms with Gasteiger partial charge >= 0.3 is 6.18 Å². The Morgan fingerprint density at radius 3 is 2.15 bits per heavy atom. The lowest BCUT2D eigenvalue weighted by atomic mass is 9.81. The average Bonchev–Trinajstić information content (AvgIpc) is 2.77. The maximum absolute atomic E-state index is 14.8. The Balaban J connectivity index is 1.63. The molecule has 0 nitrogen and oxygen atoms in total. The zero-order valence-corrected chi connectivity index (χ0v) is 18.0. The van der Waals surface area contributed by atoms with Crippen LogP contribution in [0.5, 0.6) is 0 Å². The van der Waals surface area contributed by atoms with Gasteiger partial charge in [0.1, 0.15) is 17.5 Å². The van der Waals surface area contributed by atoms with Gasteiger partial charge in [-0.25, -0.2) is 13.2 Å². The molecule has 6 heteroatoms. The SMILES string of the molecule is CCC1CCC(C#Cc2cc(F)c(-c3ccc4c(F)c(C(F)(F)F)ccc4c3)c(F)c2)CC1. The Morgan fingerprint density at radius 2 is 1.55 bits per heavy atom. The van der Waals surface area contributed by atoms with Crippen molar-refractivity contribution < 1.29 is 26.3 Å². The Morgan fingerprint density at radius 1 is 0.879 bits per heavy atom. The predicted octanol–water partition coefficient (Wildman–Crippen LogP) is 8.51. The second-order valence-electron chi connectivity index (χ2n) is 8.57. The molecule has 172 valence electrons. The van der Waals surface area contributed by atoms with Crippen LogP contribution in [0.25, 0.3) is 21.9 Å². The highest BCUT2D eigenvalue weighted by atomic mass is 19.4. The van der Waals surface area contributed by atoms with Gasteiger partial charge in [-0.15, -0.1) is 0 Å². The summed E-state index contributed by atoms with van der Waals surface area (Å²) >= 11 is 0. The summed E-state index contributed by atoms with van der Waals surface area (Å²) in [6.07, 6.45) is 0.524. The maximum Gasteiger partial charge on any atom is 0.419 e. The molecule has 0 unspecified atom stereocenters. The molecule has 0 bridgehead atoms.